The molecule has 7 rings (SSSR count). The standard InChI is InChI=1S/C40H39N5O9/c1-49-28-18-14-26(15-19-28)39(25-10-6-4-7-11-25,27-16-20-29(50-2)21-17-27)53-22-31-34(47)35(51-3)40(54-31,32(46)23-52-30-12-8-5-9-13-30)45-24-42-33-36(45)43-38(41)44-37(33)48/h4-21,24,31,34-35,47H,22-23H2,1-3H3,(H3,41,43,44,48)/t31-,34-,35-,40-/m1/s1. The van der Waals surface area contributed by atoms with E-state index in [1.807, 2.05) is 84.9 Å². The Morgan fingerprint density at radius 2 is 1.44 bits per heavy atom. The molecule has 0 spiro atoms. The third-order valence-corrected chi connectivity index (χ3v) is 9.60. The number of anilines is 1. The van der Waals surface area contributed by atoms with Crippen LogP contribution in [0.2, 0.25) is 0 Å². The molecule has 1 aliphatic rings. The van der Waals surface area contributed by atoms with Gasteiger partial charge in [0.15, 0.2) is 17.8 Å². The number of ether oxygens (including phenoxy) is 6. The van der Waals surface area contributed by atoms with Crippen LogP contribution in [0.25, 0.3) is 11.2 Å². The van der Waals surface area contributed by atoms with Gasteiger partial charge in [-0.1, -0.05) is 72.8 Å². The second-order valence-electron chi connectivity index (χ2n) is 12.6. The van der Waals surface area contributed by atoms with Crippen LogP contribution in [0, 0.1) is 0 Å². The number of H-pyrrole nitrogens is 1. The van der Waals surface area contributed by atoms with Crippen LogP contribution >= 0.6 is 0 Å². The van der Waals surface area contributed by atoms with Crippen molar-refractivity contribution in [2.45, 2.75) is 29.6 Å². The highest BCUT2D eigenvalue weighted by Crippen LogP contribution is 2.45. The average Bonchev–Trinajstić information content (AvgIpc) is 3.77. The number of Topliss-reactive ketones (excluding diaryl/α,β-unsaturated/α-hetero) is 1. The van der Waals surface area contributed by atoms with Gasteiger partial charge in [-0.15, -0.1) is 0 Å². The fourth-order valence-electron chi connectivity index (χ4n) is 7.00. The second kappa shape index (κ2) is 15.1. The molecule has 0 unspecified atom stereocenters. The predicted octanol–water partition coefficient (Wildman–Crippen LogP) is 3.80. The number of carbonyl (C=O) groups excluding carboxylic acids is 1. The zero-order valence-corrected chi connectivity index (χ0v) is 29.7. The fraction of sp³-hybridized carbons (Fsp3) is 0.250. The summed E-state index contributed by atoms with van der Waals surface area (Å²) >= 11 is 0. The van der Waals surface area contributed by atoms with Crippen LogP contribution in [0.15, 0.2) is 120 Å². The van der Waals surface area contributed by atoms with E-state index in [1.165, 1.54) is 18.0 Å². The molecule has 2 aromatic heterocycles. The van der Waals surface area contributed by atoms with Crippen molar-refractivity contribution in [3.63, 3.8) is 0 Å². The van der Waals surface area contributed by atoms with Crippen molar-refractivity contribution in [1.29, 1.82) is 0 Å². The van der Waals surface area contributed by atoms with E-state index in [4.69, 9.17) is 34.2 Å². The van der Waals surface area contributed by atoms with Crippen LogP contribution in [0.3, 0.4) is 0 Å². The summed E-state index contributed by atoms with van der Waals surface area (Å²) in [4.78, 5) is 38.4. The van der Waals surface area contributed by atoms with Gasteiger partial charge in [-0.25, -0.2) is 4.98 Å². The second-order valence-corrected chi connectivity index (χ2v) is 12.6. The van der Waals surface area contributed by atoms with Gasteiger partial charge in [-0.05, 0) is 53.1 Å². The normalized spacial score (nSPS) is 19.8. The van der Waals surface area contributed by atoms with Crippen LogP contribution < -0.4 is 25.5 Å². The number of nitrogens with zero attached hydrogens (tertiary/aromatic N) is 3. The van der Waals surface area contributed by atoms with E-state index in [0.29, 0.717) is 17.2 Å². The molecule has 0 amide bonds. The summed E-state index contributed by atoms with van der Waals surface area (Å²) in [5.74, 6) is 0.856. The van der Waals surface area contributed by atoms with Crippen LogP contribution in [-0.4, -0.2) is 83.3 Å². The Morgan fingerprint density at radius 1 is 0.870 bits per heavy atom. The lowest BCUT2D eigenvalue weighted by atomic mass is 9.80. The van der Waals surface area contributed by atoms with Gasteiger partial charge in [0.2, 0.25) is 17.5 Å². The average molecular weight is 734 g/mol. The van der Waals surface area contributed by atoms with Crippen LogP contribution in [-0.2, 0) is 30.3 Å². The molecule has 0 radical (unpaired) electrons. The Kier molecular flexibility index (Phi) is 10.2. The number of aliphatic hydroxyl groups excluding tert-OH is 1. The number of methoxy groups -OCH3 is 3. The van der Waals surface area contributed by atoms with Gasteiger partial charge < -0.3 is 39.3 Å². The molecule has 4 aromatic carbocycles. The van der Waals surface area contributed by atoms with Crippen LogP contribution in [0.4, 0.5) is 5.95 Å². The quantitative estimate of drug-likeness (QED) is 0.138. The van der Waals surface area contributed by atoms with E-state index in [0.717, 1.165) is 16.7 Å². The molecule has 0 bridgehead atoms. The first-order chi connectivity index (χ1) is 26.2. The highest BCUT2D eigenvalue weighted by Gasteiger charge is 2.62. The van der Waals surface area contributed by atoms with E-state index in [2.05, 4.69) is 15.0 Å². The summed E-state index contributed by atoms with van der Waals surface area (Å²) in [5.41, 5.74) is 4.00. The number of benzene rings is 4. The molecule has 14 heteroatoms. The van der Waals surface area contributed by atoms with Crippen molar-refractivity contribution in [2.24, 2.45) is 0 Å². The lowest BCUT2D eigenvalue weighted by Gasteiger charge is -2.37. The third kappa shape index (κ3) is 6.34. The minimum absolute atomic E-state index is 0.0600. The van der Waals surface area contributed by atoms with E-state index < -0.39 is 47.6 Å². The number of aromatic amines is 1. The maximum atomic E-state index is 14.6. The number of imidazole rings is 1. The summed E-state index contributed by atoms with van der Waals surface area (Å²) in [7, 11) is 4.52. The molecular formula is C40H39N5O9. The number of para-hydroxylation sites is 1. The van der Waals surface area contributed by atoms with Gasteiger partial charge >= 0.3 is 0 Å². The summed E-state index contributed by atoms with van der Waals surface area (Å²) in [6.07, 6.45) is -2.76. The van der Waals surface area contributed by atoms with E-state index >= 15 is 0 Å². The van der Waals surface area contributed by atoms with Crippen molar-refractivity contribution in [3.05, 3.63) is 143 Å². The minimum Gasteiger partial charge on any atom is -0.497 e. The van der Waals surface area contributed by atoms with Gasteiger partial charge in [0.25, 0.3) is 5.56 Å². The number of aliphatic hydroxyl groups is 1. The first kappa shape index (κ1) is 36.3. The van der Waals surface area contributed by atoms with Gasteiger partial charge in [-0.3, -0.25) is 19.1 Å². The summed E-state index contributed by atoms with van der Waals surface area (Å²) in [6, 6.07) is 33.3. The zero-order valence-electron chi connectivity index (χ0n) is 29.7. The lowest BCUT2D eigenvalue weighted by Crippen LogP contribution is -2.54. The number of hydrogen-bond acceptors (Lipinski definition) is 12. The van der Waals surface area contributed by atoms with Crippen molar-refractivity contribution in [3.8, 4) is 17.2 Å². The molecule has 1 fully saturated rings. The largest absolute Gasteiger partial charge is 0.497 e. The number of nitrogens with two attached hydrogens (primary N) is 1. The van der Waals surface area contributed by atoms with Gasteiger partial charge in [-0.2, -0.15) is 4.98 Å². The Morgan fingerprint density at radius 3 is 2.02 bits per heavy atom. The topological polar surface area (TPSA) is 182 Å². The van der Waals surface area contributed by atoms with Crippen molar-refractivity contribution >= 4 is 22.9 Å². The Balaban J connectivity index is 1.34. The molecule has 278 valence electrons. The summed E-state index contributed by atoms with van der Waals surface area (Å²) in [6.45, 7) is -0.764. The SMILES string of the molecule is COc1ccc(C(OC[C@H]2O[C@@](C(=O)COc3ccccc3)(n3cnc4c(=O)[nH]c(N)nc43)[C@H](OC)[C@@H]2O)(c2ccccc2)c2ccc(OC)cc2)cc1. The third-order valence-electron chi connectivity index (χ3n) is 9.60. The Hall–Kier alpha value is -6.06. The Labute approximate surface area is 310 Å². The summed E-state index contributed by atoms with van der Waals surface area (Å²) in [5, 5.41) is 12.0. The maximum Gasteiger partial charge on any atom is 0.280 e. The number of aromatic nitrogens is 4. The number of fused-ring (bicyclic) bond motifs is 1. The molecule has 1 aliphatic heterocycles. The van der Waals surface area contributed by atoms with Gasteiger partial charge in [0, 0.05) is 7.11 Å². The molecule has 14 nitrogen and oxygen atoms in total. The first-order valence-electron chi connectivity index (χ1n) is 17.1. The molecule has 54 heavy (non-hydrogen) atoms. The monoisotopic (exact) mass is 733 g/mol. The van der Waals surface area contributed by atoms with Crippen molar-refractivity contribution in [1.82, 2.24) is 19.5 Å². The smallest absolute Gasteiger partial charge is 0.280 e. The molecular weight excluding hydrogens is 694 g/mol. The maximum absolute atomic E-state index is 14.6. The number of rotatable bonds is 14. The molecule has 4 N–H and O–H groups in total. The van der Waals surface area contributed by atoms with Crippen LogP contribution in [0.5, 0.6) is 17.2 Å². The highest BCUT2D eigenvalue weighted by atomic mass is 16.6. The molecule has 0 saturated carbocycles. The molecule has 3 heterocycles. The number of nitrogens with one attached hydrogen (secondary N) is 1. The number of hydrogen-bond donors (Lipinski definition) is 3. The fourth-order valence-corrected chi connectivity index (χ4v) is 7.00. The molecule has 4 atom stereocenters. The summed E-state index contributed by atoms with van der Waals surface area (Å²) < 4.78 is 37.7. The number of nitrogen functional groups attached to an aromatic ring is 1. The predicted molar refractivity (Wildman–Crippen MR) is 197 cm³/mol. The van der Waals surface area contributed by atoms with Crippen molar-refractivity contribution < 1.29 is 38.3 Å². The van der Waals surface area contributed by atoms with Crippen molar-refractivity contribution in [2.75, 3.05) is 40.3 Å². The minimum atomic E-state index is -2.14. The molecule has 1 saturated heterocycles. The van der Waals surface area contributed by atoms with E-state index in [1.54, 1.807) is 38.5 Å². The lowest BCUT2D eigenvalue weighted by molar-refractivity contribution is -0.182. The zero-order chi connectivity index (χ0) is 37.9. The number of carbonyl (C=O) groups is 1. The number of ketones is 1. The van der Waals surface area contributed by atoms with Gasteiger partial charge in [0.1, 0.15) is 47.5 Å². The van der Waals surface area contributed by atoms with Crippen LogP contribution in [0.1, 0.15) is 16.7 Å². The molecule has 0 aliphatic carbocycles. The molecule has 6 aromatic rings. The first-order valence-corrected chi connectivity index (χ1v) is 17.1. The highest BCUT2D eigenvalue weighted by molar-refractivity contribution is 5.89. The Bertz CT molecular complexity index is 2220. The van der Waals surface area contributed by atoms with E-state index in [-0.39, 0.29) is 23.7 Å². The van der Waals surface area contributed by atoms with Gasteiger partial charge in [0.05, 0.1) is 20.8 Å². The van der Waals surface area contributed by atoms with E-state index in [9.17, 15) is 14.7 Å².